The Balaban J connectivity index is 3.59. The molecular formula is C10H20O4. The van der Waals surface area contributed by atoms with Crippen LogP contribution in [0, 0.1) is 0 Å². The average molecular weight is 204 g/mol. The fourth-order valence-electron chi connectivity index (χ4n) is 1.02. The lowest BCUT2D eigenvalue weighted by Crippen LogP contribution is -2.23. The predicted molar refractivity (Wildman–Crippen MR) is 53.2 cm³/mol. The van der Waals surface area contributed by atoms with Crippen molar-refractivity contribution in [3.05, 3.63) is 0 Å². The number of esters is 1. The van der Waals surface area contributed by atoms with E-state index in [1.807, 2.05) is 13.8 Å². The molecule has 0 N–H and O–H groups in total. The molecule has 0 aromatic rings. The summed E-state index contributed by atoms with van der Waals surface area (Å²) < 4.78 is 15.4. The van der Waals surface area contributed by atoms with Crippen molar-refractivity contribution < 1.29 is 19.0 Å². The van der Waals surface area contributed by atoms with Crippen LogP contribution in [0.5, 0.6) is 0 Å². The largest absolute Gasteiger partial charge is 0.463 e. The van der Waals surface area contributed by atoms with Crippen LogP contribution in [0.4, 0.5) is 0 Å². The molecule has 0 aromatic heterocycles. The summed E-state index contributed by atoms with van der Waals surface area (Å²) in [7, 11) is 0. The highest BCUT2D eigenvalue weighted by molar-refractivity contribution is 5.65. The number of ether oxygens (including phenoxy) is 3. The van der Waals surface area contributed by atoms with E-state index in [4.69, 9.17) is 14.2 Å². The van der Waals surface area contributed by atoms with E-state index >= 15 is 0 Å². The predicted octanol–water partition coefficient (Wildman–Crippen LogP) is 1.38. The molecule has 1 atom stereocenters. The van der Waals surface area contributed by atoms with Gasteiger partial charge in [-0.2, -0.15) is 0 Å². The standard InChI is InChI=1S/C10H20O4/c1-4-12-7-6-10(13-5-2)8-14-9(3)11/h10H,4-8H2,1-3H3. The van der Waals surface area contributed by atoms with Crippen LogP contribution in [0.1, 0.15) is 27.2 Å². The first-order valence-corrected chi connectivity index (χ1v) is 5.03. The number of hydrogen-bond acceptors (Lipinski definition) is 4. The molecule has 0 spiro atoms. The molecule has 0 aromatic carbocycles. The van der Waals surface area contributed by atoms with Crippen molar-refractivity contribution in [2.45, 2.75) is 33.3 Å². The van der Waals surface area contributed by atoms with Gasteiger partial charge in [-0.25, -0.2) is 0 Å². The molecule has 1 unspecified atom stereocenters. The smallest absolute Gasteiger partial charge is 0.302 e. The molecule has 0 aliphatic rings. The summed E-state index contributed by atoms with van der Waals surface area (Å²) in [5, 5.41) is 0. The number of hydrogen-bond donors (Lipinski definition) is 0. The zero-order chi connectivity index (χ0) is 10.8. The van der Waals surface area contributed by atoms with Gasteiger partial charge < -0.3 is 14.2 Å². The second-order valence-electron chi connectivity index (χ2n) is 2.87. The van der Waals surface area contributed by atoms with Crippen LogP contribution in [-0.2, 0) is 19.0 Å². The first-order chi connectivity index (χ1) is 6.70. The highest BCUT2D eigenvalue weighted by atomic mass is 16.6. The van der Waals surface area contributed by atoms with Gasteiger partial charge in [0.15, 0.2) is 0 Å². The zero-order valence-electron chi connectivity index (χ0n) is 9.25. The molecule has 0 fully saturated rings. The van der Waals surface area contributed by atoms with Crippen LogP contribution < -0.4 is 0 Å². The highest BCUT2D eigenvalue weighted by Gasteiger charge is 2.09. The summed E-state index contributed by atoms with van der Waals surface area (Å²) in [4.78, 5) is 10.6. The van der Waals surface area contributed by atoms with Crippen LogP contribution in [-0.4, -0.2) is 38.5 Å². The molecule has 0 aliphatic carbocycles. The van der Waals surface area contributed by atoms with Crippen LogP contribution in [0.2, 0.25) is 0 Å². The van der Waals surface area contributed by atoms with Crippen LogP contribution in [0.15, 0.2) is 0 Å². The van der Waals surface area contributed by atoms with Gasteiger partial charge in [0, 0.05) is 33.2 Å². The summed E-state index contributed by atoms with van der Waals surface area (Å²) in [5.74, 6) is -0.272. The Kier molecular flexibility index (Phi) is 8.57. The first-order valence-electron chi connectivity index (χ1n) is 5.03. The molecule has 4 nitrogen and oxygen atoms in total. The second kappa shape index (κ2) is 8.97. The maximum absolute atomic E-state index is 10.6. The maximum Gasteiger partial charge on any atom is 0.302 e. The third-order valence-electron chi connectivity index (χ3n) is 1.66. The number of rotatable bonds is 8. The average Bonchev–Trinajstić information content (AvgIpc) is 2.14. The van der Waals surface area contributed by atoms with Gasteiger partial charge in [0.25, 0.3) is 0 Å². The van der Waals surface area contributed by atoms with E-state index in [1.54, 1.807) is 0 Å². The van der Waals surface area contributed by atoms with Gasteiger partial charge in [-0.3, -0.25) is 4.79 Å². The highest BCUT2D eigenvalue weighted by Crippen LogP contribution is 2.00. The SMILES string of the molecule is CCOCCC(COC(C)=O)OCC. The molecule has 84 valence electrons. The molecule has 0 heterocycles. The fraction of sp³-hybridized carbons (Fsp3) is 0.900. The quantitative estimate of drug-likeness (QED) is 0.442. The minimum Gasteiger partial charge on any atom is -0.463 e. The molecule has 14 heavy (non-hydrogen) atoms. The Labute approximate surface area is 85.5 Å². The van der Waals surface area contributed by atoms with Crippen molar-refractivity contribution in [1.82, 2.24) is 0 Å². The molecule has 0 saturated heterocycles. The van der Waals surface area contributed by atoms with E-state index in [9.17, 15) is 4.79 Å². The Morgan fingerprint density at radius 1 is 1.29 bits per heavy atom. The van der Waals surface area contributed by atoms with Gasteiger partial charge in [-0.15, -0.1) is 0 Å². The number of carbonyl (C=O) groups is 1. The summed E-state index contributed by atoms with van der Waals surface area (Å²) in [6, 6.07) is 0. The van der Waals surface area contributed by atoms with E-state index in [0.29, 0.717) is 26.4 Å². The Morgan fingerprint density at radius 2 is 2.00 bits per heavy atom. The van der Waals surface area contributed by atoms with Crippen LogP contribution in [0.3, 0.4) is 0 Å². The topological polar surface area (TPSA) is 44.8 Å². The fourth-order valence-corrected chi connectivity index (χ4v) is 1.02. The number of carbonyl (C=O) groups excluding carboxylic acids is 1. The molecule has 4 heteroatoms. The van der Waals surface area contributed by atoms with Crippen molar-refractivity contribution in [2.75, 3.05) is 26.4 Å². The lowest BCUT2D eigenvalue weighted by Gasteiger charge is -2.16. The summed E-state index contributed by atoms with van der Waals surface area (Å²) in [5.41, 5.74) is 0. The summed E-state index contributed by atoms with van der Waals surface area (Å²) in [6.07, 6.45) is 0.713. The van der Waals surface area contributed by atoms with Gasteiger partial charge in [0.05, 0.1) is 6.10 Å². The Bertz CT molecular complexity index is 147. The molecule has 0 rings (SSSR count). The lowest BCUT2D eigenvalue weighted by molar-refractivity contribution is -0.145. The van der Waals surface area contributed by atoms with Gasteiger partial charge >= 0.3 is 5.97 Å². The van der Waals surface area contributed by atoms with E-state index in [2.05, 4.69) is 0 Å². The van der Waals surface area contributed by atoms with Crippen molar-refractivity contribution >= 4 is 5.97 Å². The van der Waals surface area contributed by atoms with E-state index in [0.717, 1.165) is 6.42 Å². The van der Waals surface area contributed by atoms with Gasteiger partial charge in [-0.1, -0.05) is 0 Å². The maximum atomic E-state index is 10.6. The third-order valence-corrected chi connectivity index (χ3v) is 1.66. The lowest BCUT2D eigenvalue weighted by atomic mass is 10.3. The van der Waals surface area contributed by atoms with Crippen molar-refractivity contribution in [1.29, 1.82) is 0 Å². The normalized spacial score (nSPS) is 12.5. The first kappa shape index (κ1) is 13.4. The van der Waals surface area contributed by atoms with E-state index < -0.39 is 0 Å². The molecular weight excluding hydrogens is 184 g/mol. The van der Waals surface area contributed by atoms with Crippen molar-refractivity contribution in [3.63, 3.8) is 0 Å². The third kappa shape index (κ3) is 8.01. The molecule has 0 amide bonds. The minimum atomic E-state index is -0.272. The molecule has 0 aliphatic heterocycles. The zero-order valence-corrected chi connectivity index (χ0v) is 9.25. The van der Waals surface area contributed by atoms with Crippen molar-refractivity contribution in [2.24, 2.45) is 0 Å². The minimum absolute atomic E-state index is 0.0459. The monoisotopic (exact) mass is 204 g/mol. The van der Waals surface area contributed by atoms with Gasteiger partial charge in [-0.05, 0) is 13.8 Å². The van der Waals surface area contributed by atoms with E-state index in [-0.39, 0.29) is 12.1 Å². The van der Waals surface area contributed by atoms with Crippen molar-refractivity contribution in [3.8, 4) is 0 Å². The Hall–Kier alpha value is -0.610. The molecule has 0 saturated carbocycles. The summed E-state index contributed by atoms with van der Waals surface area (Å²) >= 11 is 0. The van der Waals surface area contributed by atoms with Gasteiger partial charge in [0.2, 0.25) is 0 Å². The van der Waals surface area contributed by atoms with Crippen LogP contribution >= 0.6 is 0 Å². The Morgan fingerprint density at radius 3 is 2.50 bits per heavy atom. The second-order valence-corrected chi connectivity index (χ2v) is 2.87. The van der Waals surface area contributed by atoms with Crippen LogP contribution in [0.25, 0.3) is 0 Å². The van der Waals surface area contributed by atoms with E-state index in [1.165, 1.54) is 6.92 Å². The van der Waals surface area contributed by atoms with Gasteiger partial charge in [0.1, 0.15) is 6.61 Å². The molecule has 0 radical (unpaired) electrons. The summed E-state index contributed by atoms with van der Waals surface area (Å²) in [6.45, 7) is 7.54. The molecule has 0 bridgehead atoms.